The van der Waals surface area contributed by atoms with Gasteiger partial charge in [-0.3, -0.25) is 4.79 Å². The van der Waals surface area contributed by atoms with Crippen molar-refractivity contribution in [1.29, 1.82) is 0 Å². The van der Waals surface area contributed by atoms with Gasteiger partial charge in [0.25, 0.3) is 0 Å². The number of thiophene rings is 1. The Kier molecular flexibility index (Phi) is 5.32. The van der Waals surface area contributed by atoms with Gasteiger partial charge in [-0.15, -0.1) is 23.1 Å². The molecule has 7 heteroatoms. The molecule has 0 spiro atoms. The molecule has 0 atom stereocenters. The number of hydrogen-bond acceptors (Lipinski definition) is 6. The fraction of sp³-hybridized carbons (Fsp3) is 0.235. The van der Waals surface area contributed by atoms with Gasteiger partial charge < -0.3 is 9.84 Å². The van der Waals surface area contributed by atoms with Gasteiger partial charge in [0.15, 0.2) is 0 Å². The number of aromatic nitrogens is 2. The average Bonchev–Trinajstić information content (AvgIpc) is 3.03. The van der Waals surface area contributed by atoms with Crippen molar-refractivity contribution in [2.75, 3.05) is 12.9 Å². The van der Waals surface area contributed by atoms with E-state index in [-0.39, 0.29) is 6.42 Å². The Morgan fingerprint density at radius 3 is 2.79 bits per heavy atom. The SMILES string of the molecule is COc1ccc(-c2csc3ncnc(SCCCC(=O)O)c23)cc1. The van der Waals surface area contributed by atoms with Crippen LogP contribution in [0.25, 0.3) is 21.3 Å². The number of ether oxygens (including phenoxy) is 1. The molecule has 0 aliphatic heterocycles. The standard InChI is InChI=1S/C17H16N2O3S2/c1-22-12-6-4-11(5-7-12)13-9-24-17-15(13)16(18-10-19-17)23-8-2-3-14(20)21/h4-7,9-10H,2-3,8H2,1H3,(H,20,21). The largest absolute Gasteiger partial charge is 0.497 e. The monoisotopic (exact) mass is 360 g/mol. The molecule has 2 aromatic heterocycles. The van der Waals surface area contributed by atoms with E-state index in [1.807, 2.05) is 24.3 Å². The quantitative estimate of drug-likeness (QED) is 0.384. The molecule has 124 valence electrons. The highest BCUT2D eigenvalue weighted by molar-refractivity contribution is 7.99. The maximum atomic E-state index is 10.6. The summed E-state index contributed by atoms with van der Waals surface area (Å²) in [6.45, 7) is 0. The van der Waals surface area contributed by atoms with Gasteiger partial charge in [0.2, 0.25) is 0 Å². The smallest absolute Gasteiger partial charge is 0.303 e. The molecule has 0 aliphatic carbocycles. The van der Waals surface area contributed by atoms with Crippen LogP contribution in [0.1, 0.15) is 12.8 Å². The van der Waals surface area contributed by atoms with Crippen molar-refractivity contribution in [3.63, 3.8) is 0 Å². The van der Waals surface area contributed by atoms with Crippen LogP contribution in [0.3, 0.4) is 0 Å². The maximum absolute atomic E-state index is 10.6. The minimum Gasteiger partial charge on any atom is -0.497 e. The van der Waals surface area contributed by atoms with Crippen molar-refractivity contribution in [3.8, 4) is 16.9 Å². The molecule has 1 aromatic carbocycles. The molecule has 0 fully saturated rings. The second-order valence-electron chi connectivity index (χ2n) is 5.08. The second-order valence-corrected chi connectivity index (χ2v) is 7.02. The van der Waals surface area contributed by atoms with Crippen LogP contribution in [0.2, 0.25) is 0 Å². The number of carboxylic acid groups (broad SMARTS) is 1. The zero-order chi connectivity index (χ0) is 16.9. The molecule has 0 radical (unpaired) electrons. The van der Waals surface area contributed by atoms with Crippen LogP contribution in [-0.2, 0) is 4.79 Å². The summed E-state index contributed by atoms with van der Waals surface area (Å²) < 4.78 is 5.21. The van der Waals surface area contributed by atoms with Crippen molar-refractivity contribution in [2.24, 2.45) is 0 Å². The van der Waals surface area contributed by atoms with E-state index < -0.39 is 5.97 Å². The van der Waals surface area contributed by atoms with Gasteiger partial charge in [-0.05, 0) is 24.1 Å². The molecule has 3 aromatic rings. The van der Waals surface area contributed by atoms with E-state index in [1.54, 1.807) is 36.5 Å². The molecule has 5 nitrogen and oxygen atoms in total. The zero-order valence-electron chi connectivity index (χ0n) is 13.1. The Morgan fingerprint density at radius 2 is 2.08 bits per heavy atom. The van der Waals surface area contributed by atoms with Crippen molar-refractivity contribution in [2.45, 2.75) is 17.9 Å². The second kappa shape index (κ2) is 7.63. The summed E-state index contributed by atoms with van der Waals surface area (Å²) in [4.78, 5) is 20.3. The number of fused-ring (bicyclic) bond motifs is 1. The van der Waals surface area contributed by atoms with E-state index >= 15 is 0 Å². The van der Waals surface area contributed by atoms with Crippen LogP contribution < -0.4 is 4.74 Å². The molecule has 0 bridgehead atoms. The first-order valence-corrected chi connectivity index (χ1v) is 9.27. The minimum atomic E-state index is -0.766. The molecule has 24 heavy (non-hydrogen) atoms. The highest BCUT2D eigenvalue weighted by Gasteiger charge is 2.13. The third kappa shape index (κ3) is 3.68. The number of thioether (sulfide) groups is 1. The Balaban J connectivity index is 1.89. The lowest BCUT2D eigenvalue weighted by Gasteiger charge is -2.06. The van der Waals surface area contributed by atoms with E-state index in [0.717, 1.165) is 37.9 Å². The summed E-state index contributed by atoms with van der Waals surface area (Å²) in [7, 11) is 1.65. The summed E-state index contributed by atoms with van der Waals surface area (Å²) in [6, 6.07) is 7.91. The van der Waals surface area contributed by atoms with Gasteiger partial charge in [0.05, 0.1) is 12.5 Å². The minimum absolute atomic E-state index is 0.177. The lowest BCUT2D eigenvalue weighted by Crippen LogP contribution is -1.95. The van der Waals surface area contributed by atoms with E-state index in [4.69, 9.17) is 9.84 Å². The van der Waals surface area contributed by atoms with Gasteiger partial charge in [0, 0.05) is 23.1 Å². The van der Waals surface area contributed by atoms with Crippen molar-refractivity contribution in [3.05, 3.63) is 36.0 Å². The highest BCUT2D eigenvalue weighted by Crippen LogP contribution is 2.38. The van der Waals surface area contributed by atoms with Crippen LogP contribution in [-0.4, -0.2) is 33.9 Å². The van der Waals surface area contributed by atoms with Crippen molar-refractivity contribution < 1.29 is 14.6 Å². The normalized spacial score (nSPS) is 10.9. The van der Waals surface area contributed by atoms with Crippen LogP contribution in [0.5, 0.6) is 5.75 Å². The van der Waals surface area contributed by atoms with Crippen LogP contribution in [0.4, 0.5) is 0 Å². The number of hydrogen-bond donors (Lipinski definition) is 1. The summed E-state index contributed by atoms with van der Waals surface area (Å²) in [6.07, 6.45) is 2.36. The van der Waals surface area contributed by atoms with Gasteiger partial charge >= 0.3 is 5.97 Å². The molecule has 0 unspecified atom stereocenters. The summed E-state index contributed by atoms with van der Waals surface area (Å²) >= 11 is 3.17. The van der Waals surface area contributed by atoms with E-state index in [0.29, 0.717) is 6.42 Å². The summed E-state index contributed by atoms with van der Waals surface area (Å²) in [5.74, 6) is 0.770. The summed E-state index contributed by atoms with van der Waals surface area (Å²) in [5, 5.41) is 12.8. The fourth-order valence-corrected chi connectivity index (χ4v) is 4.27. The first-order chi connectivity index (χ1) is 11.7. The van der Waals surface area contributed by atoms with Gasteiger partial charge in [-0.1, -0.05) is 12.1 Å². The molecule has 0 saturated carbocycles. The predicted molar refractivity (Wildman–Crippen MR) is 97.0 cm³/mol. The number of nitrogens with zero attached hydrogens (tertiary/aromatic N) is 2. The van der Waals surface area contributed by atoms with Crippen molar-refractivity contribution >= 4 is 39.3 Å². The fourth-order valence-electron chi connectivity index (χ4n) is 2.33. The molecular formula is C17H16N2O3S2. The molecule has 2 heterocycles. The number of methoxy groups -OCH3 is 1. The van der Waals surface area contributed by atoms with Crippen LogP contribution >= 0.6 is 23.1 Å². The van der Waals surface area contributed by atoms with Crippen LogP contribution in [0, 0.1) is 0 Å². The predicted octanol–water partition coefficient (Wildman–Crippen LogP) is 4.32. The number of aliphatic carboxylic acids is 1. The molecule has 0 saturated heterocycles. The molecule has 0 aliphatic rings. The molecule has 3 rings (SSSR count). The lowest BCUT2D eigenvalue weighted by molar-refractivity contribution is -0.137. The summed E-state index contributed by atoms with van der Waals surface area (Å²) in [5.41, 5.74) is 2.18. The molecule has 0 amide bonds. The molecular weight excluding hydrogens is 344 g/mol. The lowest BCUT2D eigenvalue weighted by atomic mass is 10.1. The first kappa shape index (κ1) is 16.7. The van der Waals surface area contributed by atoms with Gasteiger partial charge in [-0.2, -0.15) is 0 Å². The third-order valence-electron chi connectivity index (χ3n) is 3.51. The topological polar surface area (TPSA) is 72.3 Å². The van der Waals surface area contributed by atoms with Crippen molar-refractivity contribution in [1.82, 2.24) is 9.97 Å². The van der Waals surface area contributed by atoms with E-state index in [9.17, 15) is 4.79 Å². The third-order valence-corrected chi connectivity index (χ3v) is 5.47. The zero-order valence-corrected chi connectivity index (χ0v) is 14.7. The maximum Gasteiger partial charge on any atom is 0.303 e. The Labute approximate surface area is 147 Å². The van der Waals surface area contributed by atoms with E-state index in [1.165, 1.54) is 0 Å². The Bertz CT molecular complexity index is 847. The number of carbonyl (C=O) groups is 1. The molecule has 1 N–H and O–H groups in total. The highest BCUT2D eigenvalue weighted by atomic mass is 32.2. The number of benzene rings is 1. The number of rotatable bonds is 7. The Morgan fingerprint density at radius 1 is 1.29 bits per heavy atom. The van der Waals surface area contributed by atoms with Crippen LogP contribution in [0.15, 0.2) is 41.0 Å². The number of carboxylic acids is 1. The van der Waals surface area contributed by atoms with Gasteiger partial charge in [-0.25, -0.2) is 9.97 Å². The van der Waals surface area contributed by atoms with Gasteiger partial charge in [0.1, 0.15) is 21.9 Å². The first-order valence-electron chi connectivity index (χ1n) is 7.40. The Hall–Kier alpha value is -2.12. The van der Waals surface area contributed by atoms with E-state index in [2.05, 4.69) is 15.3 Å². The average molecular weight is 360 g/mol.